The van der Waals surface area contributed by atoms with Crippen molar-refractivity contribution in [3.8, 4) is 11.3 Å². The highest BCUT2D eigenvalue weighted by atomic mass is 35.5. The number of aromatic nitrogens is 3. The minimum atomic E-state index is 0.506. The summed E-state index contributed by atoms with van der Waals surface area (Å²) in [4.78, 5) is 0. The van der Waals surface area contributed by atoms with E-state index in [4.69, 9.17) is 28.2 Å². The molecule has 2 heterocycles. The second-order valence-electron chi connectivity index (χ2n) is 4.14. The van der Waals surface area contributed by atoms with Crippen molar-refractivity contribution < 1.29 is 4.42 Å². The molecule has 0 saturated heterocycles. The van der Waals surface area contributed by atoms with Gasteiger partial charge in [0.15, 0.2) is 0 Å². The van der Waals surface area contributed by atoms with E-state index >= 15 is 0 Å². The number of halogens is 1. The maximum atomic E-state index is 5.97. The van der Waals surface area contributed by atoms with E-state index in [1.54, 1.807) is 11.0 Å². The van der Waals surface area contributed by atoms with Gasteiger partial charge in [-0.2, -0.15) is 5.10 Å². The molecule has 0 aliphatic carbocycles. The molecular weight excluding hydrogens is 296 g/mol. The van der Waals surface area contributed by atoms with E-state index in [-0.39, 0.29) is 0 Å². The monoisotopic (exact) mass is 306 g/mol. The van der Waals surface area contributed by atoms with Gasteiger partial charge in [-0.15, -0.1) is 0 Å². The minimum Gasteiger partial charge on any atom is -0.459 e. The summed E-state index contributed by atoms with van der Waals surface area (Å²) < 4.78 is 7.89. The van der Waals surface area contributed by atoms with E-state index in [1.807, 2.05) is 36.4 Å². The van der Waals surface area contributed by atoms with Gasteiger partial charge in [0.25, 0.3) is 0 Å². The van der Waals surface area contributed by atoms with Crippen LogP contribution < -0.4 is 5.43 Å². The number of aromatic amines is 1. The first kappa shape index (κ1) is 13.0. The average molecular weight is 307 g/mol. The first-order valence-corrected chi connectivity index (χ1v) is 6.71. The zero-order valence-corrected chi connectivity index (χ0v) is 11.9. The van der Waals surface area contributed by atoms with Crippen LogP contribution in [0.15, 0.2) is 47.1 Å². The summed E-state index contributed by atoms with van der Waals surface area (Å²) >= 11 is 11.0. The van der Waals surface area contributed by atoms with E-state index in [0.29, 0.717) is 16.3 Å². The van der Waals surface area contributed by atoms with E-state index < -0.39 is 0 Å². The maximum absolute atomic E-state index is 5.97. The Morgan fingerprint density at radius 1 is 1.35 bits per heavy atom. The lowest BCUT2D eigenvalue weighted by atomic mass is 10.2. The molecule has 2 N–H and O–H groups in total. The van der Waals surface area contributed by atoms with Gasteiger partial charge in [0.05, 0.1) is 6.54 Å². The number of hydrogen-bond acceptors (Lipinski definition) is 4. The van der Waals surface area contributed by atoms with Crippen LogP contribution in [0.2, 0.25) is 5.02 Å². The second kappa shape index (κ2) is 5.52. The molecule has 3 aromatic rings. The molecule has 0 radical (unpaired) electrons. The molecule has 3 rings (SSSR count). The number of benzene rings is 1. The third-order valence-corrected chi connectivity index (χ3v) is 3.27. The molecule has 20 heavy (non-hydrogen) atoms. The molecule has 0 spiro atoms. The summed E-state index contributed by atoms with van der Waals surface area (Å²) in [5, 5.41) is 7.17. The van der Waals surface area contributed by atoms with Crippen LogP contribution in [-0.2, 0) is 6.54 Å². The minimum absolute atomic E-state index is 0.506. The second-order valence-corrected chi connectivity index (χ2v) is 4.97. The predicted molar refractivity (Wildman–Crippen MR) is 79.6 cm³/mol. The van der Waals surface area contributed by atoms with Crippen LogP contribution in [0.4, 0.5) is 0 Å². The first-order chi connectivity index (χ1) is 9.72. The lowest BCUT2D eigenvalue weighted by molar-refractivity contribution is 0.522. The van der Waals surface area contributed by atoms with Gasteiger partial charge in [-0.1, -0.05) is 23.7 Å². The standard InChI is InChI=1S/C13H11ClN4OS/c14-10-3-1-2-9(6-10)12-5-4-11(19-12)7-16-18-8-15-17-13(18)20/h1-6,8,16H,7H2,(H,17,20). The van der Waals surface area contributed by atoms with Crippen LogP contribution in [0, 0.1) is 4.77 Å². The molecule has 5 nitrogen and oxygen atoms in total. The van der Waals surface area contributed by atoms with Crippen molar-refractivity contribution in [2.75, 3.05) is 5.43 Å². The molecule has 0 aliphatic rings. The fourth-order valence-corrected chi connectivity index (χ4v) is 2.15. The Kier molecular flexibility index (Phi) is 3.58. The molecule has 0 fully saturated rings. The molecule has 102 valence electrons. The quantitative estimate of drug-likeness (QED) is 0.723. The molecule has 0 saturated carbocycles. The normalized spacial score (nSPS) is 10.7. The fraction of sp³-hybridized carbons (Fsp3) is 0.0769. The fourth-order valence-electron chi connectivity index (χ4n) is 1.79. The number of hydrogen-bond donors (Lipinski definition) is 2. The highest BCUT2D eigenvalue weighted by Gasteiger charge is 2.05. The predicted octanol–water partition coefficient (Wildman–Crippen LogP) is 3.60. The Bertz CT molecular complexity index is 776. The summed E-state index contributed by atoms with van der Waals surface area (Å²) in [6.45, 7) is 0.508. The number of H-pyrrole nitrogens is 1. The van der Waals surface area contributed by atoms with Crippen LogP contribution >= 0.6 is 23.8 Å². The molecule has 2 aromatic heterocycles. The third-order valence-electron chi connectivity index (χ3n) is 2.75. The lowest BCUT2D eigenvalue weighted by Gasteiger charge is -2.03. The van der Waals surface area contributed by atoms with E-state index in [0.717, 1.165) is 17.1 Å². The van der Waals surface area contributed by atoms with Crippen molar-refractivity contribution in [1.82, 2.24) is 14.9 Å². The van der Waals surface area contributed by atoms with Crippen molar-refractivity contribution in [2.24, 2.45) is 0 Å². The molecular formula is C13H11ClN4OS. The third kappa shape index (κ3) is 2.76. The molecule has 1 aromatic carbocycles. The van der Waals surface area contributed by atoms with Gasteiger partial charge >= 0.3 is 0 Å². The average Bonchev–Trinajstić information content (AvgIpc) is 3.05. The van der Waals surface area contributed by atoms with Crippen molar-refractivity contribution in [2.45, 2.75) is 6.54 Å². The highest BCUT2D eigenvalue weighted by molar-refractivity contribution is 7.71. The Balaban J connectivity index is 1.74. The SMILES string of the molecule is S=c1[nH]ncn1NCc1ccc(-c2cccc(Cl)c2)o1. The number of rotatable bonds is 4. The van der Waals surface area contributed by atoms with Gasteiger partial charge in [0.2, 0.25) is 4.77 Å². The van der Waals surface area contributed by atoms with Crippen molar-refractivity contribution in [3.63, 3.8) is 0 Å². The zero-order valence-electron chi connectivity index (χ0n) is 10.3. The summed E-state index contributed by atoms with van der Waals surface area (Å²) in [5.74, 6) is 1.57. The Morgan fingerprint density at radius 3 is 3.00 bits per heavy atom. The largest absolute Gasteiger partial charge is 0.459 e. The summed E-state index contributed by atoms with van der Waals surface area (Å²) in [7, 11) is 0. The number of nitrogens with zero attached hydrogens (tertiary/aromatic N) is 2. The number of furan rings is 1. The Hall–Kier alpha value is -2.05. The van der Waals surface area contributed by atoms with Crippen LogP contribution in [0.25, 0.3) is 11.3 Å². The van der Waals surface area contributed by atoms with Crippen LogP contribution in [0.5, 0.6) is 0 Å². The zero-order chi connectivity index (χ0) is 13.9. The molecule has 0 unspecified atom stereocenters. The van der Waals surface area contributed by atoms with Gasteiger partial charge in [-0.3, -0.25) is 5.10 Å². The van der Waals surface area contributed by atoms with E-state index in [1.165, 1.54) is 0 Å². The van der Waals surface area contributed by atoms with Crippen molar-refractivity contribution in [3.05, 3.63) is 58.3 Å². The molecule has 0 bridgehead atoms. The summed E-state index contributed by atoms with van der Waals surface area (Å²) in [5.41, 5.74) is 4.03. The van der Waals surface area contributed by atoms with Gasteiger partial charge in [0, 0.05) is 10.6 Å². The highest BCUT2D eigenvalue weighted by Crippen LogP contribution is 2.24. The van der Waals surface area contributed by atoms with Crippen LogP contribution in [0.1, 0.15) is 5.76 Å². The van der Waals surface area contributed by atoms with Crippen LogP contribution in [-0.4, -0.2) is 14.9 Å². The van der Waals surface area contributed by atoms with Crippen LogP contribution in [0.3, 0.4) is 0 Å². The first-order valence-electron chi connectivity index (χ1n) is 5.93. The summed E-state index contributed by atoms with van der Waals surface area (Å²) in [6.07, 6.45) is 1.57. The smallest absolute Gasteiger partial charge is 0.214 e. The van der Waals surface area contributed by atoms with E-state index in [2.05, 4.69) is 15.6 Å². The van der Waals surface area contributed by atoms with E-state index in [9.17, 15) is 0 Å². The van der Waals surface area contributed by atoms with Gasteiger partial charge in [-0.25, -0.2) is 4.68 Å². The van der Waals surface area contributed by atoms with Crippen molar-refractivity contribution in [1.29, 1.82) is 0 Å². The topological polar surface area (TPSA) is 58.8 Å². The Morgan fingerprint density at radius 2 is 2.25 bits per heavy atom. The molecule has 0 aliphatic heterocycles. The Labute approximate surface area is 125 Å². The van der Waals surface area contributed by atoms with Gasteiger partial charge in [0.1, 0.15) is 17.8 Å². The molecule has 0 atom stereocenters. The lowest BCUT2D eigenvalue weighted by Crippen LogP contribution is -2.12. The van der Waals surface area contributed by atoms with Crippen molar-refractivity contribution >= 4 is 23.8 Å². The molecule has 7 heteroatoms. The number of nitrogens with one attached hydrogen (secondary N) is 2. The maximum Gasteiger partial charge on any atom is 0.214 e. The van der Waals surface area contributed by atoms with Gasteiger partial charge in [-0.05, 0) is 36.5 Å². The van der Waals surface area contributed by atoms with Gasteiger partial charge < -0.3 is 9.84 Å². The summed E-state index contributed by atoms with van der Waals surface area (Å²) in [6, 6.07) is 11.4. The molecule has 0 amide bonds.